The van der Waals surface area contributed by atoms with Gasteiger partial charge in [-0.3, -0.25) is 0 Å². The van der Waals surface area contributed by atoms with E-state index in [4.69, 9.17) is 0 Å². The first-order valence-electron chi connectivity index (χ1n) is 6.75. The molecule has 0 saturated heterocycles. The second-order valence-electron chi connectivity index (χ2n) is 5.59. The molecule has 0 spiro atoms. The van der Waals surface area contributed by atoms with Gasteiger partial charge in [0.15, 0.2) is 0 Å². The molecule has 0 unspecified atom stereocenters. The van der Waals surface area contributed by atoms with Crippen LogP contribution in [0.25, 0.3) is 0 Å². The monoisotopic (exact) mass is 277 g/mol. The quantitative estimate of drug-likeness (QED) is 0.637. The van der Waals surface area contributed by atoms with Crippen molar-refractivity contribution < 1.29 is 8.42 Å². The van der Waals surface area contributed by atoms with Crippen molar-refractivity contribution in [2.24, 2.45) is 5.92 Å². The maximum atomic E-state index is 12.1. The second kappa shape index (κ2) is 6.84. The van der Waals surface area contributed by atoms with E-state index in [2.05, 4.69) is 5.32 Å². The molecule has 1 aliphatic carbocycles. The molecule has 0 bridgehead atoms. The number of hydrogen-bond acceptors (Lipinski definition) is 3. The van der Waals surface area contributed by atoms with Crippen LogP contribution in [0.2, 0.25) is 0 Å². The molecule has 0 atom stereocenters. The van der Waals surface area contributed by atoms with Crippen LogP contribution < -0.4 is 5.32 Å². The molecule has 1 N–H and O–H groups in total. The van der Waals surface area contributed by atoms with E-state index < -0.39 is 10.2 Å². The van der Waals surface area contributed by atoms with Crippen LogP contribution in [0.3, 0.4) is 0 Å². The van der Waals surface area contributed by atoms with Gasteiger partial charge >= 0.3 is 0 Å². The molecule has 6 heteroatoms. The lowest BCUT2D eigenvalue weighted by Gasteiger charge is -2.25. The molecule has 1 saturated carbocycles. The van der Waals surface area contributed by atoms with Crippen molar-refractivity contribution in [3.05, 3.63) is 0 Å². The molecule has 0 aliphatic heterocycles. The van der Waals surface area contributed by atoms with E-state index in [1.54, 1.807) is 14.1 Å². The molecule has 1 aliphatic rings. The average Bonchev–Trinajstić information content (AvgIpc) is 3.06. The maximum absolute atomic E-state index is 12.1. The van der Waals surface area contributed by atoms with Gasteiger partial charge in [0.25, 0.3) is 10.2 Å². The van der Waals surface area contributed by atoms with E-state index in [9.17, 15) is 8.42 Å². The largest absolute Gasteiger partial charge is 0.314 e. The summed E-state index contributed by atoms with van der Waals surface area (Å²) in [4.78, 5) is 0. The summed E-state index contributed by atoms with van der Waals surface area (Å²) in [6.07, 6.45) is 3.40. The number of nitrogens with zero attached hydrogens (tertiary/aromatic N) is 2. The Morgan fingerprint density at radius 2 is 1.83 bits per heavy atom. The van der Waals surface area contributed by atoms with Crippen LogP contribution in [-0.2, 0) is 10.2 Å². The van der Waals surface area contributed by atoms with Gasteiger partial charge < -0.3 is 5.32 Å². The lowest BCUT2D eigenvalue weighted by molar-refractivity contribution is 0.363. The fourth-order valence-corrected chi connectivity index (χ4v) is 3.18. The topological polar surface area (TPSA) is 52.7 Å². The van der Waals surface area contributed by atoms with Crippen molar-refractivity contribution in [3.8, 4) is 0 Å². The molecule has 0 aromatic rings. The third-order valence-electron chi connectivity index (χ3n) is 3.07. The highest BCUT2D eigenvalue weighted by atomic mass is 32.2. The zero-order chi connectivity index (χ0) is 13.8. The highest BCUT2D eigenvalue weighted by Gasteiger charge is 2.24. The molecule has 18 heavy (non-hydrogen) atoms. The van der Waals surface area contributed by atoms with E-state index in [0.29, 0.717) is 25.0 Å². The molecule has 1 rings (SSSR count). The first-order chi connectivity index (χ1) is 8.34. The number of rotatable bonds is 9. The lowest BCUT2D eigenvalue weighted by Crippen LogP contribution is -2.42. The van der Waals surface area contributed by atoms with E-state index in [1.807, 2.05) is 13.8 Å². The first-order valence-corrected chi connectivity index (χ1v) is 8.14. The summed E-state index contributed by atoms with van der Waals surface area (Å²) < 4.78 is 27.2. The molecule has 0 radical (unpaired) electrons. The number of hydrogen-bond donors (Lipinski definition) is 1. The van der Waals surface area contributed by atoms with Crippen molar-refractivity contribution in [3.63, 3.8) is 0 Å². The van der Waals surface area contributed by atoms with E-state index in [-0.39, 0.29) is 0 Å². The summed E-state index contributed by atoms with van der Waals surface area (Å²) in [7, 11) is 0.0229. The van der Waals surface area contributed by atoms with Crippen LogP contribution in [-0.4, -0.2) is 56.8 Å². The molecule has 0 heterocycles. The smallest absolute Gasteiger partial charge is 0.281 e. The molecule has 0 aromatic heterocycles. The Hall–Kier alpha value is -0.170. The Morgan fingerprint density at radius 3 is 2.33 bits per heavy atom. The molecule has 5 nitrogen and oxygen atoms in total. The van der Waals surface area contributed by atoms with Gasteiger partial charge in [0, 0.05) is 33.2 Å². The highest BCUT2D eigenvalue weighted by Crippen LogP contribution is 2.18. The van der Waals surface area contributed by atoms with Gasteiger partial charge in [-0.25, -0.2) is 0 Å². The Morgan fingerprint density at radius 1 is 1.22 bits per heavy atom. The minimum Gasteiger partial charge on any atom is -0.314 e. The maximum Gasteiger partial charge on any atom is 0.281 e. The van der Waals surface area contributed by atoms with Crippen molar-refractivity contribution in [2.75, 3.05) is 33.7 Å². The Labute approximate surface area is 112 Å². The average molecular weight is 277 g/mol. The van der Waals surface area contributed by atoms with Crippen LogP contribution in [0.5, 0.6) is 0 Å². The van der Waals surface area contributed by atoms with Gasteiger partial charge in [-0.1, -0.05) is 13.8 Å². The standard InChI is InChI=1S/C12H27N3O2S/c1-11(2)10-15(4)18(16,17)14(3)9-5-8-13-12-6-7-12/h11-13H,5-10H2,1-4H3. The first kappa shape index (κ1) is 15.9. The van der Waals surface area contributed by atoms with Crippen LogP contribution in [0.4, 0.5) is 0 Å². The zero-order valence-electron chi connectivity index (χ0n) is 12.0. The predicted molar refractivity (Wildman–Crippen MR) is 74.7 cm³/mol. The lowest BCUT2D eigenvalue weighted by atomic mass is 10.2. The van der Waals surface area contributed by atoms with Gasteiger partial charge in [0.2, 0.25) is 0 Å². The molecular formula is C12H27N3O2S. The fourth-order valence-electron chi connectivity index (χ4n) is 1.86. The molecule has 1 fully saturated rings. The van der Waals surface area contributed by atoms with Crippen LogP contribution in [0, 0.1) is 5.92 Å². The highest BCUT2D eigenvalue weighted by molar-refractivity contribution is 7.86. The minimum absolute atomic E-state index is 0.342. The summed E-state index contributed by atoms with van der Waals surface area (Å²) in [5.41, 5.74) is 0. The fraction of sp³-hybridized carbons (Fsp3) is 1.00. The summed E-state index contributed by atoms with van der Waals surface area (Å²) >= 11 is 0. The van der Waals surface area contributed by atoms with Crippen LogP contribution >= 0.6 is 0 Å². The van der Waals surface area contributed by atoms with Crippen LogP contribution in [0.15, 0.2) is 0 Å². The molecular weight excluding hydrogens is 250 g/mol. The number of nitrogens with one attached hydrogen (secondary N) is 1. The Bertz CT molecular complexity index is 339. The minimum atomic E-state index is -3.28. The van der Waals surface area contributed by atoms with E-state index in [0.717, 1.165) is 13.0 Å². The van der Waals surface area contributed by atoms with Crippen molar-refractivity contribution >= 4 is 10.2 Å². The Kier molecular flexibility index (Phi) is 6.04. The second-order valence-corrected chi connectivity index (χ2v) is 7.73. The van der Waals surface area contributed by atoms with Gasteiger partial charge in [-0.15, -0.1) is 0 Å². The summed E-state index contributed by atoms with van der Waals surface area (Å²) in [6, 6.07) is 0.690. The zero-order valence-corrected chi connectivity index (χ0v) is 12.8. The SMILES string of the molecule is CC(C)CN(C)S(=O)(=O)N(C)CCCNC1CC1. The third kappa shape index (κ3) is 5.22. The van der Waals surface area contributed by atoms with Crippen molar-refractivity contribution in [1.82, 2.24) is 13.9 Å². The van der Waals surface area contributed by atoms with Gasteiger partial charge in [-0.2, -0.15) is 17.0 Å². The molecule has 0 aromatic carbocycles. The summed E-state index contributed by atoms with van der Waals surface area (Å²) in [5, 5.41) is 3.39. The normalized spacial score (nSPS) is 17.1. The van der Waals surface area contributed by atoms with Gasteiger partial charge in [-0.05, 0) is 31.7 Å². The van der Waals surface area contributed by atoms with Crippen LogP contribution in [0.1, 0.15) is 33.1 Å². The van der Waals surface area contributed by atoms with Crippen molar-refractivity contribution in [1.29, 1.82) is 0 Å². The third-order valence-corrected chi connectivity index (χ3v) is 4.98. The predicted octanol–water partition coefficient (Wildman–Crippen LogP) is 0.893. The molecule has 0 amide bonds. The van der Waals surface area contributed by atoms with Gasteiger partial charge in [0.05, 0.1) is 0 Å². The Balaban J connectivity index is 2.30. The van der Waals surface area contributed by atoms with E-state index >= 15 is 0 Å². The van der Waals surface area contributed by atoms with Crippen molar-refractivity contribution in [2.45, 2.75) is 39.2 Å². The summed E-state index contributed by atoms with van der Waals surface area (Å²) in [6.45, 7) is 6.08. The summed E-state index contributed by atoms with van der Waals surface area (Å²) in [5.74, 6) is 0.342. The molecule has 108 valence electrons. The van der Waals surface area contributed by atoms with E-state index in [1.165, 1.54) is 21.5 Å². The van der Waals surface area contributed by atoms with Gasteiger partial charge in [0.1, 0.15) is 0 Å².